The van der Waals surface area contributed by atoms with Gasteiger partial charge in [0.25, 0.3) is 5.56 Å². The minimum absolute atomic E-state index is 0.0339. The first-order chi connectivity index (χ1) is 7.16. The van der Waals surface area contributed by atoms with Crippen LogP contribution in [0.1, 0.15) is 17.3 Å². The molecule has 0 N–H and O–H groups in total. The smallest absolute Gasteiger partial charge is 0.253 e. The fourth-order valence-electron chi connectivity index (χ4n) is 1.33. The maximum atomic E-state index is 11.7. The summed E-state index contributed by atoms with van der Waals surface area (Å²) in [7, 11) is 0. The third kappa shape index (κ3) is 1.96. The van der Waals surface area contributed by atoms with E-state index in [-0.39, 0.29) is 5.56 Å². The maximum Gasteiger partial charge on any atom is 0.253 e. The summed E-state index contributed by atoms with van der Waals surface area (Å²) in [5.41, 5.74) is 0.669. The van der Waals surface area contributed by atoms with E-state index in [0.717, 1.165) is 0 Å². The monoisotopic (exact) mass is 205 g/mol. The summed E-state index contributed by atoms with van der Waals surface area (Å²) in [5, 5.41) is 3.66. The van der Waals surface area contributed by atoms with Gasteiger partial charge < -0.3 is 9.09 Å². The molecule has 78 valence electrons. The van der Waals surface area contributed by atoms with E-state index in [4.69, 9.17) is 4.52 Å². The first-order valence-electron chi connectivity index (χ1n) is 4.62. The van der Waals surface area contributed by atoms with Gasteiger partial charge in [0.1, 0.15) is 6.54 Å². The Balaban J connectivity index is 2.32. The molecule has 0 aliphatic carbocycles. The van der Waals surface area contributed by atoms with Crippen LogP contribution in [0.5, 0.6) is 0 Å². The highest BCUT2D eigenvalue weighted by Crippen LogP contribution is 1.98. The van der Waals surface area contributed by atoms with Crippen molar-refractivity contribution in [3.05, 3.63) is 46.0 Å². The second kappa shape index (κ2) is 3.68. The predicted molar refractivity (Wildman–Crippen MR) is 53.6 cm³/mol. The normalized spacial score (nSPS) is 10.5. The summed E-state index contributed by atoms with van der Waals surface area (Å²) in [6.45, 7) is 3.84. The lowest BCUT2D eigenvalue weighted by atomic mass is 10.3. The average Bonchev–Trinajstić information content (AvgIpc) is 2.59. The molecule has 0 unspecified atom stereocenters. The van der Waals surface area contributed by atoms with Crippen molar-refractivity contribution in [3.63, 3.8) is 0 Å². The lowest BCUT2D eigenvalue weighted by molar-refractivity contribution is 0.366. The van der Waals surface area contributed by atoms with Gasteiger partial charge in [0, 0.05) is 11.8 Å². The molecule has 0 bridgehead atoms. The minimum Gasteiger partial charge on any atom is -0.337 e. The Bertz CT molecular complexity index is 527. The van der Waals surface area contributed by atoms with Gasteiger partial charge in [0.15, 0.2) is 5.82 Å². The number of hydrogen-bond acceptors (Lipinski definition) is 4. The number of rotatable bonds is 2. The molecule has 2 rings (SSSR count). The van der Waals surface area contributed by atoms with Crippen LogP contribution in [-0.2, 0) is 6.54 Å². The molecule has 0 radical (unpaired) electrons. The van der Waals surface area contributed by atoms with Crippen LogP contribution in [0.25, 0.3) is 0 Å². The average molecular weight is 205 g/mol. The van der Waals surface area contributed by atoms with Crippen molar-refractivity contribution in [1.29, 1.82) is 0 Å². The second-order valence-electron chi connectivity index (χ2n) is 3.36. The number of pyridine rings is 1. The fourth-order valence-corrected chi connectivity index (χ4v) is 1.33. The Morgan fingerprint density at radius 3 is 2.93 bits per heavy atom. The number of aryl methyl sites for hydroxylation is 2. The summed E-state index contributed by atoms with van der Waals surface area (Å²) in [6, 6.07) is 3.60. The van der Waals surface area contributed by atoms with Crippen molar-refractivity contribution in [2.45, 2.75) is 20.4 Å². The summed E-state index contributed by atoms with van der Waals surface area (Å²) < 4.78 is 6.49. The zero-order valence-electron chi connectivity index (χ0n) is 8.60. The highest BCUT2D eigenvalue weighted by Gasteiger charge is 2.05. The van der Waals surface area contributed by atoms with Gasteiger partial charge in [-0.25, -0.2) is 0 Å². The molecule has 5 heteroatoms. The van der Waals surface area contributed by atoms with Crippen molar-refractivity contribution in [2.75, 3.05) is 0 Å². The lowest BCUT2D eigenvalue weighted by Crippen LogP contribution is -2.21. The van der Waals surface area contributed by atoms with E-state index in [1.807, 2.05) is 6.07 Å². The zero-order chi connectivity index (χ0) is 10.8. The maximum absolute atomic E-state index is 11.7. The van der Waals surface area contributed by atoms with E-state index in [1.165, 1.54) is 0 Å². The highest BCUT2D eigenvalue weighted by molar-refractivity contribution is 5.08. The molecular formula is C10H11N3O2. The van der Waals surface area contributed by atoms with Gasteiger partial charge in [0.2, 0.25) is 5.89 Å². The van der Waals surface area contributed by atoms with Crippen LogP contribution in [0.3, 0.4) is 0 Å². The van der Waals surface area contributed by atoms with Crippen LogP contribution >= 0.6 is 0 Å². The minimum atomic E-state index is -0.0339. The molecule has 0 aliphatic rings. The Labute approximate surface area is 86.4 Å². The molecule has 2 aromatic heterocycles. The molecule has 15 heavy (non-hydrogen) atoms. The Hall–Kier alpha value is -1.91. The summed E-state index contributed by atoms with van der Waals surface area (Å²) in [6.07, 6.45) is 1.70. The molecule has 2 aromatic rings. The number of aromatic nitrogens is 3. The molecule has 0 amide bonds. The quantitative estimate of drug-likeness (QED) is 0.730. The molecule has 0 spiro atoms. The van der Waals surface area contributed by atoms with Gasteiger partial charge in [-0.3, -0.25) is 4.79 Å². The summed E-state index contributed by atoms with van der Waals surface area (Å²) >= 11 is 0. The third-order valence-electron chi connectivity index (χ3n) is 2.09. The zero-order valence-corrected chi connectivity index (χ0v) is 8.60. The first-order valence-corrected chi connectivity index (χ1v) is 4.62. The van der Waals surface area contributed by atoms with Crippen LogP contribution in [0.2, 0.25) is 0 Å². The van der Waals surface area contributed by atoms with Gasteiger partial charge in [-0.2, -0.15) is 4.98 Å². The van der Waals surface area contributed by atoms with Crippen molar-refractivity contribution < 1.29 is 4.52 Å². The lowest BCUT2D eigenvalue weighted by Gasteiger charge is -2.01. The predicted octanol–water partition coefficient (Wildman–Crippen LogP) is 0.896. The first kappa shape index (κ1) is 9.64. The van der Waals surface area contributed by atoms with Crippen molar-refractivity contribution in [1.82, 2.24) is 14.7 Å². The van der Waals surface area contributed by atoms with Crippen LogP contribution in [0.4, 0.5) is 0 Å². The van der Waals surface area contributed by atoms with E-state index in [2.05, 4.69) is 10.1 Å². The van der Waals surface area contributed by atoms with Gasteiger partial charge in [-0.05, 0) is 19.9 Å². The van der Waals surface area contributed by atoms with Crippen LogP contribution in [0.15, 0.2) is 27.6 Å². The SMILES string of the molecule is Cc1noc(Cn2cccc(C)c2=O)n1. The van der Waals surface area contributed by atoms with Crippen LogP contribution in [0, 0.1) is 13.8 Å². The van der Waals surface area contributed by atoms with Gasteiger partial charge >= 0.3 is 0 Å². The van der Waals surface area contributed by atoms with E-state index in [0.29, 0.717) is 23.8 Å². The van der Waals surface area contributed by atoms with E-state index >= 15 is 0 Å². The molecule has 0 aliphatic heterocycles. The van der Waals surface area contributed by atoms with E-state index in [1.54, 1.807) is 30.7 Å². The van der Waals surface area contributed by atoms with Crippen molar-refractivity contribution in [3.8, 4) is 0 Å². The van der Waals surface area contributed by atoms with Crippen molar-refractivity contribution in [2.24, 2.45) is 0 Å². The molecule has 0 saturated carbocycles. The van der Waals surface area contributed by atoms with Gasteiger partial charge in [0.05, 0.1) is 0 Å². The largest absolute Gasteiger partial charge is 0.337 e. The number of nitrogens with zero attached hydrogens (tertiary/aromatic N) is 3. The Morgan fingerprint density at radius 2 is 2.27 bits per heavy atom. The molecule has 2 heterocycles. The Morgan fingerprint density at radius 1 is 1.47 bits per heavy atom. The van der Waals surface area contributed by atoms with E-state index < -0.39 is 0 Å². The molecule has 0 fully saturated rings. The number of hydrogen-bond donors (Lipinski definition) is 0. The molecule has 0 atom stereocenters. The van der Waals surface area contributed by atoms with Gasteiger partial charge in [-0.1, -0.05) is 11.2 Å². The third-order valence-corrected chi connectivity index (χ3v) is 2.09. The fraction of sp³-hybridized carbons (Fsp3) is 0.300. The van der Waals surface area contributed by atoms with Crippen LogP contribution < -0.4 is 5.56 Å². The molecule has 0 aromatic carbocycles. The van der Waals surface area contributed by atoms with E-state index in [9.17, 15) is 4.79 Å². The van der Waals surface area contributed by atoms with Gasteiger partial charge in [-0.15, -0.1) is 0 Å². The topological polar surface area (TPSA) is 60.9 Å². The standard InChI is InChI=1S/C10H11N3O2/c1-7-4-3-5-13(10(7)14)6-9-11-8(2)12-15-9/h3-5H,6H2,1-2H3. The highest BCUT2D eigenvalue weighted by atomic mass is 16.5. The summed E-state index contributed by atoms with van der Waals surface area (Å²) in [4.78, 5) is 15.7. The molecule has 5 nitrogen and oxygen atoms in total. The second-order valence-corrected chi connectivity index (χ2v) is 3.36. The molecular weight excluding hydrogens is 194 g/mol. The molecule has 0 saturated heterocycles. The van der Waals surface area contributed by atoms with Crippen molar-refractivity contribution >= 4 is 0 Å². The summed E-state index contributed by atoms with van der Waals surface area (Å²) in [5.74, 6) is 1.02. The Kier molecular flexibility index (Phi) is 2.37. The van der Waals surface area contributed by atoms with Crippen LogP contribution in [-0.4, -0.2) is 14.7 Å².